The van der Waals surface area contributed by atoms with E-state index in [9.17, 15) is 4.79 Å². The van der Waals surface area contributed by atoms with Gasteiger partial charge in [-0.1, -0.05) is 48.9 Å². The van der Waals surface area contributed by atoms with Crippen molar-refractivity contribution in [3.8, 4) is 5.75 Å². The fourth-order valence-corrected chi connectivity index (χ4v) is 2.39. The molecule has 116 valence electrons. The molecule has 0 aliphatic heterocycles. The number of para-hydroxylation sites is 1. The maximum atomic E-state index is 12.6. The average molecular weight is 297 g/mol. The predicted octanol–water partition coefficient (Wildman–Crippen LogP) is 4.27. The van der Waals surface area contributed by atoms with Crippen LogP contribution in [-0.2, 0) is 0 Å². The molecule has 1 N–H and O–H groups in total. The maximum absolute atomic E-state index is 12.6. The van der Waals surface area contributed by atoms with E-state index >= 15 is 0 Å². The molecule has 0 fully saturated rings. The van der Waals surface area contributed by atoms with Crippen molar-refractivity contribution in [3.05, 3.63) is 65.2 Å². The van der Waals surface area contributed by atoms with Crippen LogP contribution in [0.5, 0.6) is 5.75 Å². The molecule has 1 atom stereocenters. The van der Waals surface area contributed by atoms with Crippen LogP contribution in [0.15, 0.2) is 48.5 Å². The van der Waals surface area contributed by atoms with Gasteiger partial charge >= 0.3 is 0 Å². The van der Waals surface area contributed by atoms with Crippen molar-refractivity contribution in [1.82, 2.24) is 5.32 Å². The lowest BCUT2D eigenvalue weighted by molar-refractivity contribution is 0.0932. The molecule has 3 heteroatoms. The third-order valence-corrected chi connectivity index (χ3v) is 3.62. The van der Waals surface area contributed by atoms with E-state index in [1.807, 2.05) is 25.1 Å². The van der Waals surface area contributed by atoms with Crippen LogP contribution in [0.2, 0.25) is 0 Å². The maximum Gasteiger partial charge on any atom is 0.255 e. The van der Waals surface area contributed by atoms with Gasteiger partial charge in [-0.2, -0.15) is 0 Å². The Balaban J connectivity index is 2.17. The van der Waals surface area contributed by atoms with E-state index in [0.717, 1.165) is 12.0 Å². The summed E-state index contributed by atoms with van der Waals surface area (Å²) >= 11 is 0. The molecular formula is C19H23NO2. The predicted molar refractivity (Wildman–Crippen MR) is 89.3 cm³/mol. The van der Waals surface area contributed by atoms with Crippen LogP contribution in [0, 0.1) is 6.92 Å². The summed E-state index contributed by atoms with van der Waals surface area (Å²) in [5, 5.41) is 3.10. The minimum Gasteiger partial charge on any atom is -0.493 e. The lowest BCUT2D eigenvalue weighted by atomic mass is 10.0. The lowest BCUT2D eigenvalue weighted by Crippen LogP contribution is -2.28. The summed E-state index contributed by atoms with van der Waals surface area (Å²) in [4.78, 5) is 12.6. The number of nitrogens with one attached hydrogen (secondary N) is 1. The Morgan fingerprint density at radius 1 is 1.09 bits per heavy atom. The first-order valence-corrected chi connectivity index (χ1v) is 7.75. The van der Waals surface area contributed by atoms with Gasteiger partial charge in [0.05, 0.1) is 18.2 Å². The topological polar surface area (TPSA) is 38.3 Å². The molecule has 2 rings (SSSR count). The number of hydrogen-bond acceptors (Lipinski definition) is 2. The molecule has 0 bridgehead atoms. The molecule has 22 heavy (non-hydrogen) atoms. The molecule has 2 aromatic carbocycles. The van der Waals surface area contributed by atoms with Gasteiger partial charge < -0.3 is 10.1 Å². The largest absolute Gasteiger partial charge is 0.493 e. The first kappa shape index (κ1) is 16.1. The second-order valence-electron chi connectivity index (χ2n) is 5.27. The Bertz CT molecular complexity index is 620. The van der Waals surface area contributed by atoms with Crippen molar-refractivity contribution in [2.45, 2.75) is 33.2 Å². The molecule has 0 heterocycles. The second-order valence-corrected chi connectivity index (χ2v) is 5.27. The van der Waals surface area contributed by atoms with E-state index in [2.05, 4.69) is 43.4 Å². The SMILES string of the molecule is CCOc1ccccc1C(=O)N[C@@H](CC)c1ccc(C)cc1. The van der Waals surface area contributed by atoms with Gasteiger partial charge in [0.15, 0.2) is 0 Å². The van der Waals surface area contributed by atoms with Gasteiger partial charge in [-0.05, 0) is 38.0 Å². The van der Waals surface area contributed by atoms with Gasteiger partial charge in [0.2, 0.25) is 0 Å². The summed E-state index contributed by atoms with van der Waals surface area (Å²) in [5.41, 5.74) is 2.91. The van der Waals surface area contributed by atoms with Gasteiger partial charge in [0.25, 0.3) is 5.91 Å². The molecule has 0 aliphatic rings. The van der Waals surface area contributed by atoms with Crippen LogP contribution >= 0.6 is 0 Å². The van der Waals surface area contributed by atoms with E-state index in [1.54, 1.807) is 6.07 Å². The standard InChI is InChI=1S/C19H23NO2/c1-4-17(15-12-10-14(3)11-13-15)20-19(21)16-8-6-7-9-18(16)22-5-2/h6-13,17H,4-5H2,1-3H3,(H,20,21)/t17-/m0/s1. The smallest absolute Gasteiger partial charge is 0.255 e. The molecule has 0 aromatic heterocycles. The van der Waals surface area contributed by atoms with Crippen molar-refractivity contribution in [3.63, 3.8) is 0 Å². The summed E-state index contributed by atoms with van der Waals surface area (Å²) in [5.74, 6) is 0.526. The van der Waals surface area contributed by atoms with Crippen molar-refractivity contribution in [1.29, 1.82) is 0 Å². The fraction of sp³-hybridized carbons (Fsp3) is 0.316. The number of benzene rings is 2. The molecule has 0 saturated carbocycles. The molecule has 0 spiro atoms. The zero-order chi connectivity index (χ0) is 15.9. The zero-order valence-corrected chi connectivity index (χ0v) is 13.4. The highest BCUT2D eigenvalue weighted by atomic mass is 16.5. The quantitative estimate of drug-likeness (QED) is 0.864. The third-order valence-electron chi connectivity index (χ3n) is 3.62. The Kier molecular flexibility index (Phi) is 5.59. The normalized spacial score (nSPS) is 11.8. The Morgan fingerprint density at radius 3 is 2.41 bits per heavy atom. The number of carbonyl (C=O) groups is 1. The van der Waals surface area contributed by atoms with E-state index in [-0.39, 0.29) is 11.9 Å². The van der Waals surface area contributed by atoms with Crippen LogP contribution in [0.3, 0.4) is 0 Å². The monoisotopic (exact) mass is 297 g/mol. The van der Waals surface area contributed by atoms with Crippen molar-refractivity contribution < 1.29 is 9.53 Å². The number of ether oxygens (including phenoxy) is 1. The molecule has 1 amide bonds. The Labute approximate surface area is 132 Å². The van der Waals surface area contributed by atoms with E-state index < -0.39 is 0 Å². The highest BCUT2D eigenvalue weighted by Crippen LogP contribution is 2.21. The van der Waals surface area contributed by atoms with E-state index in [1.165, 1.54) is 5.56 Å². The summed E-state index contributed by atoms with van der Waals surface area (Å²) in [6, 6.07) is 15.6. The van der Waals surface area contributed by atoms with Gasteiger partial charge in [-0.25, -0.2) is 0 Å². The first-order chi connectivity index (χ1) is 10.7. The summed E-state index contributed by atoms with van der Waals surface area (Å²) in [7, 11) is 0. The summed E-state index contributed by atoms with van der Waals surface area (Å²) in [6.07, 6.45) is 0.839. The molecule has 0 aliphatic carbocycles. The van der Waals surface area contributed by atoms with Gasteiger partial charge in [-0.15, -0.1) is 0 Å². The number of amides is 1. The van der Waals surface area contributed by atoms with E-state index in [0.29, 0.717) is 17.9 Å². The van der Waals surface area contributed by atoms with Gasteiger partial charge in [-0.3, -0.25) is 4.79 Å². The van der Waals surface area contributed by atoms with Crippen LogP contribution in [0.25, 0.3) is 0 Å². The minimum absolute atomic E-state index is 0.00258. The summed E-state index contributed by atoms with van der Waals surface area (Å²) < 4.78 is 5.53. The fourth-order valence-electron chi connectivity index (χ4n) is 2.39. The first-order valence-electron chi connectivity index (χ1n) is 7.75. The second kappa shape index (κ2) is 7.64. The zero-order valence-electron chi connectivity index (χ0n) is 13.4. The molecule has 0 saturated heterocycles. The number of aryl methyl sites for hydroxylation is 1. The number of carbonyl (C=O) groups excluding carboxylic acids is 1. The van der Waals surface area contributed by atoms with Crippen LogP contribution in [0.4, 0.5) is 0 Å². The number of rotatable bonds is 6. The van der Waals surface area contributed by atoms with Gasteiger partial charge in [0, 0.05) is 0 Å². The highest BCUT2D eigenvalue weighted by Gasteiger charge is 2.17. The highest BCUT2D eigenvalue weighted by molar-refractivity contribution is 5.97. The molecule has 2 aromatic rings. The average Bonchev–Trinajstić information content (AvgIpc) is 2.54. The molecule has 3 nitrogen and oxygen atoms in total. The Hall–Kier alpha value is -2.29. The van der Waals surface area contributed by atoms with Crippen molar-refractivity contribution in [2.24, 2.45) is 0 Å². The summed E-state index contributed by atoms with van der Waals surface area (Å²) in [6.45, 7) is 6.58. The van der Waals surface area contributed by atoms with Gasteiger partial charge in [0.1, 0.15) is 5.75 Å². The van der Waals surface area contributed by atoms with Crippen LogP contribution in [0.1, 0.15) is 47.8 Å². The third kappa shape index (κ3) is 3.88. The van der Waals surface area contributed by atoms with Crippen molar-refractivity contribution in [2.75, 3.05) is 6.61 Å². The molecule has 0 unspecified atom stereocenters. The van der Waals surface area contributed by atoms with E-state index in [4.69, 9.17) is 4.74 Å². The molecular weight excluding hydrogens is 274 g/mol. The van der Waals surface area contributed by atoms with Crippen LogP contribution in [-0.4, -0.2) is 12.5 Å². The molecule has 0 radical (unpaired) electrons. The lowest BCUT2D eigenvalue weighted by Gasteiger charge is -2.19. The number of hydrogen-bond donors (Lipinski definition) is 1. The Morgan fingerprint density at radius 2 is 1.77 bits per heavy atom. The van der Waals surface area contributed by atoms with Crippen molar-refractivity contribution >= 4 is 5.91 Å². The minimum atomic E-state index is -0.100. The van der Waals surface area contributed by atoms with Crippen LogP contribution < -0.4 is 10.1 Å².